The van der Waals surface area contributed by atoms with Crippen molar-refractivity contribution in [2.75, 3.05) is 19.7 Å². The fourth-order valence-electron chi connectivity index (χ4n) is 2.07. The van der Waals surface area contributed by atoms with Gasteiger partial charge in [0.2, 0.25) is 0 Å². The number of hydrogen-bond donors (Lipinski definition) is 0. The van der Waals surface area contributed by atoms with Gasteiger partial charge in [-0.15, -0.1) is 0 Å². The SMILES string of the molecule is CCCCCCCOC(=O)C(=O)N(CCCC)CCCC. The summed E-state index contributed by atoms with van der Waals surface area (Å²) < 4.78 is 5.09. The van der Waals surface area contributed by atoms with Crippen LogP contribution in [0.2, 0.25) is 0 Å². The summed E-state index contributed by atoms with van der Waals surface area (Å²) >= 11 is 0. The molecule has 0 aromatic rings. The molecule has 0 aromatic heterocycles. The molecule has 0 saturated heterocycles. The van der Waals surface area contributed by atoms with E-state index in [0.717, 1.165) is 38.5 Å². The van der Waals surface area contributed by atoms with Crippen LogP contribution in [0.3, 0.4) is 0 Å². The predicted octanol–water partition coefficient (Wildman–Crippen LogP) is 3.93. The van der Waals surface area contributed by atoms with Gasteiger partial charge in [0.25, 0.3) is 0 Å². The van der Waals surface area contributed by atoms with Crippen molar-refractivity contribution in [2.45, 2.75) is 78.6 Å². The Bertz CT molecular complexity index is 271. The van der Waals surface area contributed by atoms with Crippen LogP contribution in [0.4, 0.5) is 0 Å². The van der Waals surface area contributed by atoms with E-state index in [4.69, 9.17) is 4.74 Å². The summed E-state index contributed by atoms with van der Waals surface area (Å²) in [6.07, 6.45) is 9.38. The summed E-state index contributed by atoms with van der Waals surface area (Å²) in [7, 11) is 0. The Kier molecular flexibility index (Phi) is 13.2. The van der Waals surface area contributed by atoms with Crippen molar-refractivity contribution in [3.63, 3.8) is 0 Å². The number of hydrogen-bond acceptors (Lipinski definition) is 3. The lowest BCUT2D eigenvalue weighted by Crippen LogP contribution is -2.39. The second-order valence-electron chi connectivity index (χ2n) is 5.55. The standard InChI is InChI=1S/C17H33NO3/c1-4-7-10-11-12-15-21-17(20)16(19)18(13-8-5-2)14-9-6-3/h4-15H2,1-3H3. The molecule has 4 heteroatoms. The lowest BCUT2D eigenvalue weighted by atomic mass is 10.2. The van der Waals surface area contributed by atoms with Crippen LogP contribution in [0.15, 0.2) is 0 Å². The molecule has 0 aromatic carbocycles. The first kappa shape index (κ1) is 19.9. The number of amides is 1. The molecule has 0 unspecified atom stereocenters. The van der Waals surface area contributed by atoms with Gasteiger partial charge < -0.3 is 9.64 Å². The lowest BCUT2D eigenvalue weighted by Gasteiger charge is -2.21. The van der Waals surface area contributed by atoms with Gasteiger partial charge >= 0.3 is 11.9 Å². The second kappa shape index (κ2) is 13.9. The maximum atomic E-state index is 12.1. The zero-order valence-corrected chi connectivity index (χ0v) is 14.2. The van der Waals surface area contributed by atoms with Crippen molar-refractivity contribution in [1.82, 2.24) is 4.90 Å². The Labute approximate surface area is 130 Å². The highest BCUT2D eigenvalue weighted by Crippen LogP contribution is 2.04. The first-order valence-electron chi connectivity index (χ1n) is 8.63. The minimum Gasteiger partial charge on any atom is -0.459 e. The molecule has 0 N–H and O–H groups in total. The smallest absolute Gasteiger partial charge is 0.397 e. The van der Waals surface area contributed by atoms with E-state index in [0.29, 0.717) is 19.7 Å². The second-order valence-corrected chi connectivity index (χ2v) is 5.55. The molecule has 0 heterocycles. The molecular weight excluding hydrogens is 266 g/mol. The number of carbonyl (C=O) groups is 2. The monoisotopic (exact) mass is 299 g/mol. The van der Waals surface area contributed by atoms with Gasteiger partial charge in [0, 0.05) is 13.1 Å². The minimum absolute atomic E-state index is 0.365. The molecule has 0 aliphatic carbocycles. The largest absolute Gasteiger partial charge is 0.459 e. The maximum Gasteiger partial charge on any atom is 0.397 e. The van der Waals surface area contributed by atoms with Gasteiger partial charge in [0.15, 0.2) is 0 Å². The highest BCUT2D eigenvalue weighted by molar-refractivity contribution is 6.32. The predicted molar refractivity (Wildman–Crippen MR) is 86.1 cm³/mol. The molecule has 0 radical (unpaired) electrons. The highest BCUT2D eigenvalue weighted by atomic mass is 16.5. The van der Waals surface area contributed by atoms with Crippen molar-refractivity contribution in [1.29, 1.82) is 0 Å². The Morgan fingerprint density at radius 1 is 0.762 bits per heavy atom. The van der Waals surface area contributed by atoms with Gasteiger partial charge in [0.05, 0.1) is 6.61 Å². The summed E-state index contributed by atoms with van der Waals surface area (Å²) in [5.41, 5.74) is 0. The molecule has 4 nitrogen and oxygen atoms in total. The molecule has 0 fully saturated rings. The van der Waals surface area contributed by atoms with Crippen LogP contribution in [0.25, 0.3) is 0 Å². The fraction of sp³-hybridized carbons (Fsp3) is 0.882. The van der Waals surface area contributed by atoms with Crippen LogP contribution >= 0.6 is 0 Å². The molecule has 124 valence electrons. The Morgan fingerprint density at radius 2 is 1.29 bits per heavy atom. The number of rotatable bonds is 12. The molecule has 0 aliphatic rings. The van der Waals surface area contributed by atoms with Crippen LogP contribution in [-0.4, -0.2) is 36.5 Å². The Balaban J connectivity index is 4.01. The minimum atomic E-state index is -0.683. The van der Waals surface area contributed by atoms with E-state index in [1.54, 1.807) is 4.90 Å². The van der Waals surface area contributed by atoms with E-state index in [1.165, 1.54) is 19.3 Å². The first-order chi connectivity index (χ1) is 10.2. The van der Waals surface area contributed by atoms with E-state index < -0.39 is 11.9 Å². The number of ether oxygens (including phenoxy) is 1. The van der Waals surface area contributed by atoms with E-state index in [9.17, 15) is 9.59 Å². The van der Waals surface area contributed by atoms with Gasteiger partial charge in [-0.25, -0.2) is 4.79 Å². The van der Waals surface area contributed by atoms with Gasteiger partial charge in [-0.2, -0.15) is 0 Å². The molecule has 21 heavy (non-hydrogen) atoms. The molecule has 0 atom stereocenters. The van der Waals surface area contributed by atoms with Crippen LogP contribution in [0.5, 0.6) is 0 Å². The lowest BCUT2D eigenvalue weighted by molar-refractivity contribution is -0.160. The third-order valence-electron chi connectivity index (χ3n) is 3.51. The molecule has 1 amide bonds. The Morgan fingerprint density at radius 3 is 1.81 bits per heavy atom. The summed E-state index contributed by atoms with van der Waals surface area (Å²) in [4.78, 5) is 25.5. The van der Waals surface area contributed by atoms with Gasteiger partial charge in [-0.05, 0) is 19.3 Å². The highest BCUT2D eigenvalue weighted by Gasteiger charge is 2.22. The number of nitrogens with zero attached hydrogens (tertiary/aromatic N) is 1. The van der Waals surface area contributed by atoms with Crippen molar-refractivity contribution in [3.8, 4) is 0 Å². The average Bonchev–Trinajstić information content (AvgIpc) is 2.50. The fourth-order valence-corrected chi connectivity index (χ4v) is 2.07. The molecule has 0 aliphatic heterocycles. The van der Waals surface area contributed by atoms with Crippen LogP contribution in [-0.2, 0) is 14.3 Å². The maximum absolute atomic E-state index is 12.1. The molecule has 0 rings (SSSR count). The Hall–Kier alpha value is -1.06. The molecule has 0 saturated carbocycles. The topological polar surface area (TPSA) is 46.6 Å². The van der Waals surface area contributed by atoms with Crippen LogP contribution < -0.4 is 0 Å². The van der Waals surface area contributed by atoms with Crippen LogP contribution in [0.1, 0.15) is 78.6 Å². The summed E-state index contributed by atoms with van der Waals surface area (Å²) in [6, 6.07) is 0. The summed E-state index contributed by atoms with van der Waals surface area (Å²) in [6.45, 7) is 8.00. The summed E-state index contributed by atoms with van der Waals surface area (Å²) in [5, 5.41) is 0. The zero-order valence-electron chi connectivity index (χ0n) is 14.2. The molecule has 0 bridgehead atoms. The first-order valence-corrected chi connectivity index (χ1v) is 8.63. The summed E-state index contributed by atoms with van der Waals surface area (Å²) in [5.74, 6) is -1.15. The van der Waals surface area contributed by atoms with E-state index in [2.05, 4.69) is 20.8 Å². The van der Waals surface area contributed by atoms with Crippen molar-refractivity contribution < 1.29 is 14.3 Å². The number of esters is 1. The average molecular weight is 299 g/mol. The molecule has 0 spiro atoms. The molecular formula is C17H33NO3. The van der Waals surface area contributed by atoms with E-state index in [1.807, 2.05) is 0 Å². The van der Waals surface area contributed by atoms with Crippen molar-refractivity contribution in [2.24, 2.45) is 0 Å². The van der Waals surface area contributed by atoms with Gasteiger partial charge in [-0.3, -0.25) is 4.79 Å². The number of unbranched alkanes of at least 4 members (excludes halogenated alkanes) is 6. The third-order valence-corrected chi connectivity index (χ3v) is 3.51. The third kappa shape index (κ3) is 10.3. The normalized spacial score (nSPS) is 10.4. The van der Waals surface area contributed by atoms with E-state index >= 15 is 0 Å². The van der Waals surface area contributed by atoms with Gasteiger partial charge in [0.1, 0.15) is 0 Å². The number of carbonyl (C=O) groups excluding carboxylic acids is 2. The van der Waals surface area contributed by atoms with Crippen molar-refractivity contribution in [3.05, 3.63) is 0 Å². The quantitative estimate of drug-likeness (QED) is 0.312. The van der Waals surface area contributed by atoms with Crippen molar-refractivity contribution >= 4 is 11.9 Å². The van der Waals surface area contributed by atoms with Crippen LogP contribution in [0, 0.1) is 0 Å². The zero-order chi connectivity index (χ0) is 15.9. The van der Waals surface area contributed by atoms with E-state index in [-0.39, 0.29) is 0 Å². The van der Waals surface area contributed by atoms with Gasteiger partial charge in [-0.1, -0.05) is 59.3 Å².